The van der Waals surface area contributed by atoms with Gasteiger partial charge in [0, 0.05) is 25.3 Å². The molecule has 0 bridgehead atoms. The highest BCUT2D eigenvalue weighted by atomic mass is 79.9. The minimum atomic E-state index is -4.28. The lowest BCUT2D eigenvalue weighted by molar-refractivity contribution is -0.0327. The number of nitrogens with one attached hydrogen (secondary N) is 1. The van der Waals surface area contributed by atoms with Gasteiger partial charge in [0.25, 0.3) is 0 Å². The lowest BCUT2D eigenvalue weighted by Crippen LogP contribution is -2.07. The molecule has 0 aliphatic heterocycles. The average molecular weight is 382 g/mol. The number of thiophene rings is 1. The smallest absolute Gasteiger partial charge is 0.377 e. The van der Waals surface area contributed by atoms with Gasteiger partial charge in [-0.1, -0.05) is 12.1 Å². The van der Waals surface area contributed by atoms with Crippen molar-refractivity contribution in [2.45, 2.75) is 23.4 Å². The Hall–Kier alpha value is -0.660. The number of anilines is 1. The molecule has 0 amide bonds. The molecule has 108 valence electrons. The van der Waals surface area contributed by atoms with Crippen LogP contribution in [-0.2, 0) is 0 Å². The summed E-state index contributed by atoms with van der Waals surface area (Å²) in [5.74, 6) is 0. The number of hydrogen-bond donors (Lipinski definition) is 1. The van der Waals surface area contributed by atoms with Crippen LogP contribution >= 0.6 is 39.0 Å². The van der Waals surface area contributed by atoms with Gasteiger partial charge < -0.3 is 5.32 Å². The van der Waals surface area contributed by atoms with E-state index in [1.165, 1.54) is 6.07 Å². The number of halogens is 4. The van der Waals surface area contributed by atoms with Crippen molar-refractivity contribution in [2.24, 2.45) is 0 Å². The fraction of sp³-hybridized carbons (Fsp3) is 0.231. The molecule has 0 fully saturated rings. The van der Waals surface area contributed by atoms with Crippen LogP contribution < -0.4 is 5.32 Å². The van der Waals surface area contributed by atoms with Crippen LogP contribution in [0.5, 0.6) is 0 Å². The van der Waals surface area contributed by atoms with Crippen LogP contribution in [-0.4, -0.2) is 5.51 Å². The molecule has 0 radical (unpaired) electrons. The molecular weight excluding hydrogens is 371 g/mol. The topological polar surface area (TPSA) is 12.0 Å². The van der Waals surface area contributed by atoms with Gasteiger partial charge in [0.2, 0.25) is 0 Å². The molecular formula is C13H11BrF3NS2. The van der Waals surface area contributed by atoms with Crippen LogP contribution in [0.4, 0.5) is 18.9 Å². The largest absolute Gasteiger partial charge is 0.446 e. The molecule has 0 spiro atoms. The van der Waals surface area contributed by atoms with Gasteiger partial charge in [-0.15, -0.1) is 11.3 Å². The predicted molar refractivity (Wildman–Crippen MR) is 82.4 cm³/mol. The van der Waals surface area contributed by atoms with E-state index in [-0.39, 0.29) is 22.7 Å². The van der Waals surface area contributed by atoms with Crippen molar-refractivity contribution in [1.29, 1.82) is 0 Å². The Kier molecular flexibility index (Phi) is 5.04. The molecule has 1 atom stereocenters. The summed E-state index contributed by atoms with van der Waals surface area (Å²) in [7, 11) is 0. The lowest BCUT2D eigenvalue weighted by Gasteiger charge is -2.17. The van der Waals surface area contributed by atoms with Crippen molar-refractivity contribution in [2.75, 3.05) is 5.32 Å². The maximum absolute atomic E-state index is 12.5. The molecule has 1 aromatic carbocycles. The van der Waals surface area contributed by atoms with E-state index in [9.17, 15) is 13.2 Å². The minimum absolute atomic E-state index is 0.0544. The molecule has 1 aromatic heterocycles. The summed E-state index contributed by atoms with van der Waals surface area (Å²) in [5.41, 5.74) is -3.79. The van der Waals surface area contributed by atoms with Crippen molar-refractivity contribution in [1.82, 2.24) is 0 Å². The molecule has 20 heavy (non-hydrogen) atoms. The zero-order chi connectivity index (χ0) is 14.8. The van der Waals surface area contributed by atoms with Gasteiger partial charge in [-0.2, -0.15) is 13.2 Å². The molecule has 0 saturated carbocycles. The average Bonchev–Trinajstić information content (AvgIpc) is 2.77. The highest BCUT2D eigenvalue weighted by Gasteiger charge is 2.30. The van der Waals surface area contributed by atoms with E-state index in [4.69, 9.17) is 0 Å². The molecule has 2 rings (SSSR count). The molecule has 0 aliphatic carbocycles. The highest BCUT2D eigenvalue weighted by Crippen LogP contribution is 2.41. The monoisotopic (exact) mass is 381 g/mol. The van der Waals surface area contributed by atoms with Gasteiger partial charge in [0.15, 0.2) is 0 Å². The molecule has 7 heteroatoms. The summed E-state index contributed by atoms with van der Waals surface area (Å²) in [6.07, 6.45) is 0. The van der Waals surface area contributed by atoms with Gasteiger partial charge in [0.1, 0.15) is 0 Å². The second-order valence-corrected chi connectivity index (χ2v) is 7.04. The van der Waals surface area contributed by atoms with Gasteiger partial charge in [-0.3, -0.25) is 0 Å². The Balaban J connectivity index is 2.17. The molecule has 1 unspecified atom stereocenters. The summed E-state index contributed by atoms with van der Waals surface area (Å²) < 4.78 is 38.5. The van der Waals surface area contributed by atoms with Gasteiger partial charge >= 0.3 is 5.51 Å². The third-order valence-corrected chi connectivity index (χ3v) is 5.18. The zero-order valence-electron chi connectivity index (χ0n) is 10.4. The number of para-hydroxylation sites is 1. The number of thioether (sulfide) groups is 1. The fourth-order valence-electron chi connectivity index (χ4n) is 1.66. The fourth-order valence-corrected chi connectivity index (χ4v) is 3.75. The second-order valence-electron chi connectivity index (χ2n) is 4.08. The third-order valence-electron chi connectivity index (χ3n) is 2.50. The van der Waals surface area contributed by atoms with E-state index >= 15 is 0 Å². The first-order valence-corrected chi connectivity index (χ1v) is 8.19. The van der Waals surface area contributed by atoms with E-state index in [2.05, 4.69) is 21.2 Å². The Morgan fingerprint density at radius 3 is 2.60 bits per heavy atom. The first-order chi connectivity index (χ1) is 9.35. The normalized spacial score (nSPS) is 13.2. The zero-order valence-corrected chi connectivity index (χ0v) is 13.6. The summed E-state index contributed by atoms with van der Waals surface area (Å²) in [6.45, 7) is 1.92. The van der Waals surface area contributed by atoms with Crippen LogP contribution in [0.25, 0.3) is 0 Å². The van der Waals surface area contributed by atoms with Crippen molar-refractivity contribution in [3.63, 3.8) is 0 Å². The van der Waals surface area contributed by atoms with Crippen LogP contribution in [0.1, 0.15) is 17.8 Å². The molecule has 1 N–H and O–H groups in total. The van der Waals surface area contributed by atoms with Crippen LogP contribution in [0, 0.1) is 0 Å². The number of alkyl halides is 3. The van der Waals surface area contributed by atoms with Crippen LogP contribution in [0.15, 0.2) is 45.1 Å². The molecule has 0 aliphatic rings. The Morgan fingerprint density at radius 1 is 1.30 bits per heavy atom. The molecule has 0 saturated heterocycles. The van der Waals surface area contributed by atoms with E-state index < -0.39 is 5.51 Å². The SMILES string of the molecule is CC(Nc1ccccc1SC(F)(F)F)c1cc(Br)cs1. The van der Waals surface area contributed by atoms with Crippen LogP contribution in [0.3, 0.4) is 0 Å². The Bertz CT molecular complexity index is 583. The minimum Gasteiger partial charge on any atom is -0.377 e. The second kappa shape index (κ2) is 6.41. The van der Waals surface area contributed by atoms with E-state index in [1.54, 1.807) is 29.5 Å². The van der Waals surface area contributed by atoms with Crippen LogP contribution in [0.2, 0.25) is 0 Å². The van der Waals surface area contributed by atoms with Gasteiger partial charge in [0.05, 0.1) is 6.04 Å². The maximum Gasteiger partial charge on any atom is 0.446 e. The predicted octanol–water partition coefficient (Wildman–Crippen LogP) is 6.30. The summed E-state index contributed by atoms with van der Waals surface area (Å²) in [6, 6.07) is 8.36. The van der Waals surface area contributed by atoms with E-state index in [0.29, 0.717) is 5.69 Å². The maximum atomic E-state index is 12.5. The standard InChI is InChI=1S/C13H11BrF3NS2/c1-8(12-6-9(14)7-19-12)18-10-4-2-3-5-11(10)20-13(15,16)17/h2-8,18H,1H3. The highest BCUT2D eigenvalue weighted by molar-refractivity contribution is 9.10. The Morgan fingerprint density at radius 2 is 2.00 bits per heavy atom. The number of hydrogen-bond acceptors (Lipinski definition) is 3. The number of benzene rings is 1. The van der Waals surface area contributed by atoms with E-state index in [0.717, 1.165) is 9.35 Å². The Labute approximate surface area is 131 Å². The van der Waals surface area contributed by atoms with Crippen molar-refractivity contribution >= 4 is 44.7 Å². The molecule has 1 heterocycles. The van der Waals surface area contributed by atoms with E-state index in [1.807, 2.05) is 18.4 Å². The van der Waals surface area contributed by atoms with Gasteiger partial charge in [-0.25, -0.2) is 0 Å². The van der Waals surface area contributed by atoms with Crippen molar-refractivity contribution < 1.29 is 13.2 Å². The summed E-state index contributed by atoms with van der Waals surface area (Å²) >= 11 is 4.83. The van der Waals surface area contributed by atoms with Crippen molar-refractivity contribution in [3.05, 3.63) is 45.1 Å². The third kappa shape index (κ3) is 4.43. The molecule has 2 aromatic rings. The van der Waals surface area contributed by atoms with Gasteiger partial charge in [-0.05, 0) is 52.8 Å². The first kappa shape index (κ1) is 15.7. The summed E-state index contributed by atoms with van der Waals surface area (Å²) in [5, 5.41) is 5.08. The summed E-state index contributed by atoms with van der Waals surface area (Å²) in [4.78, 5) is 1.24. The molecule has 1 nitrogen and oxygen atoms in total. The van der Waals surface area contributed by atoms with Crippen molar-refractivity contribution in [3.8, 4) is 0 Å². The lowest BCUT2D eigenvalue weighted by atomic mass is 10.2. The quantitative estimate of drug-likeness (QED) is 0.623. The number of rotatable bonds is 4. The first-order valence-electron chi connectivity index (χ1n) is 5.70.